The van der Waals surface area contributed by atoms with Crippen molar-refractivity contribution in [1.82, 2.24) is 4.90 Å². The lowest BCUT2D eigenvalue weighted by Crippen LogP contribution is -2.43. The third-order valence-electron chi connectivity index (χ3n) is 5.02. The fourth-order valence-electron chi connectivity index (χ4n) is 3.83. The number of piperidine rings is 1. The minimum Gasteiger partial charge on any atom is -0.290 e. The third-order valence-corrected chi connectivity index (χ3v) is 5.02. The second-order valence-electron chi connectivity index (χ2n) is 6.57. The molecular weight excluding hydrogens is 254 g/mol. The third kappa shape index (κ3) is 4.11. The Morgan fingerprint density at radius 2 is 1.52 bits per heavy atom. The van der Waals surface area contributed by atoms with Gasteiger partial charge >= 0.3 is 0 Å². The Labute approximate surface area is 129 Å². The van der Waals surface area contributed by atoms with E-state index in [2.05, 4.69) is 47.1 Å². The highest BCUT2D eigenvalue weighted by atomic mass is 15.2. The monoisotopic (exact) mass is 281 g/mol. The largest absolute Gasteiger partial charge is 0.290 e. The van der Waals surface area contributed by atoms with Crippen LogP contribution < -0.4 is 0 Å². The van der Waals surface area contributed by atoms with E-state index in [-0.39, 0.29) is 0 Å². The van der Waals surface area contributed by atoms with Gasteiger partial charge in [0, 0.05) is 5.56 Å². The average Bonchev–Trinajstić information content (AvgIpc) is 2.58. The highest BCUT2D eigenvalue weighted by Crippen LogP contribution is 2.30. The van der Waals surface area contributed by atoms with Gasteiger partial charge < -0.3 is 0 Å². The van der Waals surface area contributed by atoms with E-state index in [1.165, 1.54) is 64.5 Å². The van der Waals surface area contributed by atoms with Crippen LogP contribution in [0.5, 0.6) is 0 Å². The van der Waals surface area contributed by atoms with E-state index in [1.807, 2.05) is 0 Å². The van der Waals surface area contributed by atoms with Crippen molar-refractivity contribution in [2.45, 2.75) is 57.4 Å². The Balaban J connectivity index is 1.76. The van der Waals surface area contributed by atoms with Gasteiger partial charge in [-0.2, -0.15) is 0 Å². The lowest BCUT2D eigenvalue weighted by Gasteiger charge is -2.37. The van der Waals surface area contributed by atoms with Crippen LogP contribution in [0.2, 0.25) is 0 Å². The molecule has 1 aromatic carbocycles. The SMILES string of the molecule is C(#CC(C1CCCCC1)N1CCCCC1)c1ccccc1. The smallest absolute Gasteiger partial charge is 0.0746 e. The summed E-state index contributed by atoms with van der Waals surface area (Å²) in [6.07, 6.45) is 11.1. The number of benzene rings is 1. The van der Waals surface area contributed by atoms with Crippen LogP contribution in [0.25, 0.3) is 0 Å². The van der Waals surface area contributed by atoms with Gasteiger partial charge in [-0.1, -0.05) is 55.7 Å². The van der Waals surface area contributed by atoms with Crippen molar-refractivity contribution >= 4 is 0 Å². The topological polar surface area (TPSA) is 3.24 Å². The van der Waals surface area contributed by atoms with Crippen LogP contribution in [-0.2, 0) is 0 Å². The lowest BCUT2D eigenvalue weighted by atomic mass is 9.82. The van der Waals surface area contributed by atoms with Crippen LogP contribution in [0.3, 0.4) is 0 Å². The summed E-state index contributed by atoms with van der Waals surface area (Å²) in [7, 11) is 0. The first-order valence-corrected chi connectivity index (χ1v) is 8.74. The molecule has 1 nitrogen and oxygen atoms in total. The molecule has 1 saturated carbocycles. The summed E-state index contributed by atoms with van der Waals surface area (Å²) in [6, 6.07) is 11.0. The molecule has 0 spiro atoms. The molecular formula is C20H27N. The summed E-state index contributed by atoms with van der Waals surface area (Å²) in [5.74, 6) is 7.90. The van der Waals surface area contributed by atoms with E-state index in [4.69, 9.17) is 0 Å². The van der Waals surface area contributed by atoms with Gasteiger partial charge in [0.1, 0.15) is 0 Å². The van der Waals surface area contributed by atoms with E-state index < -0.39 is 0 Å². The lowest BCUT2D eigenvalue weighted by molar-refractivity contribution is 0.133. The van der Waals surface area contributed by atoms with Gasteiger partial charge in [0.05, 0.1) is 6.04 Å². The molecule has 1 atom stereocenters. The van der Waals surface area contributed by atoms with Gasteiger partial charge in [-0.3, -0.25) is 4.90 Å². The molecule has 1 aromatic rings. The molecule has 0 N–H and O–H groups in total. The maximum absolute atomic E-state index is 3.65. The highest BCUT2D eigenvalue weighted by Gasteiger charge is 2.28. The molecule has 0 bridgehead atoms. The maximum atomic E-state index is 3.65. The molecule has 1 heterocycles. The second kappa shape index (κ2) is 7.66. The van der Waals surface area contributed by atoms with Crippen LogP contribution in [-0.4, -0.2) is 24.0 Å². The fraction of sp³-hybridized carbons (Fsp3) is 0.600. The fourth-order valence-corrected chi connectivity index (χ4v) is 3.83. The van der Waals surface area contributed by atoms with Crippen molar-refractivity contribution in [2.24, 2.45) is 5.92 Å². The molecule has 3 rings (SSSR count). The number of hydrogen-bond acceptors (Lipinski definition) is 1. The zero-order valence-electron chi connectivity index (χ0n) is 13.1. The van der Waals surface area contributed by atoms with Gasteiger partial charge in [-0.05, 0) is 56.8 Å². The van der Waals surface area contributed by atoms with Crippen LogP contribution in [0, 0.1) is 17.8 Å². The molecule has 21 heavy (non-hydrogen) atoms. The van der Waals surface area contributed by atoms with Crippen LogP contribution in [0.4, 0.5) is 0 Å². The van der Waals surface area contributed by atoms with Crippen LogP contribution >= 0.6 is 0 Å². The molecule has 1 heteroatoms. The zero-order chi connectivity index (χ0) is 14.3. The minimum absolute atomic E-state index is 0.491. The summed E-state index contributed by atoms with van der Waals surface area (Å²) in [5.41, 5.74) is 1.16. The Morgan fingerprint density at radius 3 is 2.24 bits per heavy atom. The van der Waals surface area contributed by atoms with Crippen molar-refractivity contribution in [3.63, 3.8) is 0 Å². The number of rotatable bonds is 2. The Kier molecular flexibility index (Phi) is 5.35. The zero-order valence-corrected chi connectivity index (χ0v) is 13.1. The van der Waals surface area contributed by atoms with E-state index >= 15 is 0 Å². The Hall–Kier alpha value is -1.26. The van der Waals surface area contributed by atoms with E-state index in [0.29, 0.717) is 6.04 Å². The first kappa shape index (κ1) is 14.7. The summed E-state index contributed by atoms with van der Waals surface area (Å²) in [6.45, 7) is 2.51. The normalized spacial score (nSPS) is 22.3. The standard InChI is InChI=1S/C20H27N/c1-4-10-18(11-5-1)14-15-20(19-12-6-2-7-13-19)21-16-8-3-9-17-21/h1,4-5,10-11,19-20H,2-3,6-9,12-13,16-17H2. The van der Waals surface area contributed by atoms with Gasteiger partial charge in [0.2, 0.25) is 0 Å². The number of likely N-dealkylation sites (tertiary alicyclic amines) is 1. The molecule has 0 amide bonds. The summed E-state index contributed by atoms with van der Waals surface area (Å²) in [4.78, 5) is 2.68. The van der Waals surface area contributed by atoms with E-state index in [0.717, 1.165) is 11.5 Å². The summed E-state index contributed by atoms with van der Waals surface area (Å²) < 4.78 is 0. The van der Waals surface area contributed by atoms with Crippen molar-refractivity contribution in [1.29, 1.82) is 0 Å². The average molecular weight is 281 g/mol. The Bertz CT molecular complexity index is 452. The molecule has 1 aliphatic carbocycles. The molecule has 1 saturated heterocycles. The quantitative estimate of drug-likeness (QED) is 0.723. The minimum atomic E-state index is 0.491. The summed E-state index contributed by atoms with van der Waals surface area (Å²) in [5, 5.41) is 0. The molecule has 1 unspecified atom stereocenters. The molecule has 0 radical (unpaired) electrons. The van der Waals surface area contributed by atoms with Gasteiger partial charge in [0.15, 0.2) is 0 Å². The van der Waals surface area contributed by atoms with Crippen molar-refractivity contribution in [2.75, 3.05) is 13.1 Å². The van der Waals surface area contributed by atoms with Gasteiger partial charge in [-0.15, -0.1) is 0 Å². The predicted molar refractivity (Wildman–Crippen MR) is 89.1 cm³/mol. The molecule has 2 aliphatic rings. The number of nitrogens with zero attached hydrogens (tertiary/aromatic N) is 1. The molecule has 1 aliphatic heterocycles. The van der Waals surface area contributed by atoms with Crippen molar-refractivity contribution in [3.8, 4) is 11.8 Å². The van der Waals surface area contributed by atoms with Crippen molar-refractivity contribution in [3.05, 3.63) is 35.9 Å². The van der Waals surface area contributed by atoms with Gasteiger partial charge in [0.25, 0.3) is 0 Å². The first-order chi connectivity index (χ1) is 10.4. The second-order valence-corrected chi connectivity index (χ2v) is 6.57. The van der Waals surface area contributed by atoms with Gasteiger partial charge in [-0.25, -0.2) is 0 Å². The maximum Gasteiger partial charge on any atom is 0.0746 e. The molecule has 112 valence electrons. The first-order valence-electron chi connectivity index (χ1n) is 8.74. The number of hydrogen-bond donors (Lipinski definition) is 0. The van der Waals surface area contributed by atoms with E-state index in [1.54, 1.807) is 0 Å². The predicted octanol–water partition coefficient (Wildman–Crippen LogP) is 4.47. The van der Waals surface area contributed by atoms with Crippen LogP contribution in [0.15, 0.2) is 30.3 Å². The Morgan fingerprint density at radius 1 is 0.857 bits per heavy atom. The summed E-state index contributed by atoms with van der Waals surface area (Å²) >= 11 is 0. The van der Waals surface area contributed by atoms with E-state index in [9.17, 15) is 0 Å². The van der Waals surface area contributed by atoms with Crippen molar-refractivity contribution < 1.29 is 0 Å². The molecule has 0 aromatic heterocycles. The van der Waals surface area contributed by atoms with Crippen LogP contribution in [0.1, 0.15) is 56.9 Å². The highest BCUT2D eigenvalue weighted by molar-refractivity contribution is 5.35. The molecule has 2 fully saturated rings.